The second kappa shape index (κ2) is 9.69. The smallest absolute Gasteiger partial charge is 0.243 e. The molecule has 0 bridgehead atoms. The summed E-state index contributed by atoms with van der Waals surface area (Å²) in [4.78, 5) is 30.9. The van der Waals surface area contributed by atoms with Crippen molar-refractivity contribution >= 4 is 21.8 Å². The molecule has 1 aromatic carbocycles. The van der Waals surface area contributed by atoms with E-state index in [0.717, 1.165) is 30.2 Å². The van der Waals surface area contributed by atoms with Crippen LogP contribution in [0.5, 0.6) is 0 Å². The van der Waals surface area contributed by atoms with Crippen LogP contribution in [0.3, 0.4) is 0 Å². The lowest BCUT2D eigenvalue weighted by atomic mass is 10.1. The predicted octanol–water partition coefficient (Wildman–Crippen LogP) is 0.464. The number of hydrogen-bond donors (Lipinski definition) is 0. The SMILES string of the molecule is CN(CC(=O)N1CCN(CC(=O)N2CCCCC2)CC1)S(=O)(=O)c1ccccc1. The second-order valence-corrected chi connectivity index (χ2v) is 9.72. The quantitative estimate of drug-likeness (QED) is 0.666. The van der Waals surface area contributed by atoms with Crippen LogP contribution in [0.4, 0.5) is 0 Å². The van der Waals surface area contributed by atoms with Crippen molar-refractivity contribution in [3.05, 3.63) is 30.3 Å². The standard InChI is InChI=1S/C20H30N4O4S/c1-21(29(27,28)18-8-4-2-5-9-18)16-19(25)24-14-12-22(13-15-24)17-20(26)23-10-6-3-7-11-23/h2,4-5,8-9H,3,6-7,10-17H2,1H3. The Hall–Kier alpha value is -1.97. The monoisotopic (exact) mass is 422 g/mol. The molecule has 160 valence electrons. The van der Waals surface area contributed by atoms with Gasteiger partial charge in [0.05, 0.1) is 18.0 Å². The van der Waals surface area contributed by atoms with Gasteiger partial charge in [0.15, 0.2) is 0 Å². The van der Waals surface area contributed by atoms with Gasteiger partial charge in [-0.3, -0.25) is 14.5 Å². The zero-order valence-electron chi connectivity index (χ0n) is 17.0. The summed E-state index contributed by atoms with van der Waals surface area (Å²) in [7, 11) is -2.26. The topological polar surface area (TPSA) is 81.2 Å². The Morgan fingerprint density at radius 3 is 2.07 bits per heavy atom. The van der Waals surface area contributed by atoms with Crippen LogP contribution in [0.1, 0.15) is 19.3 Å². The van der Waals surface area contributed by atoms with Crippen molar-refractivity contribution in [1.29, 1.82) is 0 Å². The summed E-state index contributed by atoms with van der Waals surface area (Å²) < 4.78 is 26.3. The van der Waals surface area contributed by atoms with E-state index >= 15 is 0 Å². The van der Waals surface area contributed by atoms with Gasteiger partial charge in [0, 0.05) is 46.3 Å². The first-order valence-electron chi connectivity index (χ1n) is 10.2. The van der Waals surface area contributed by atoms with Gasteiger partial charge < -0.3 is 9.80 Å². The molecule has 0 aliphatic carbocycles. The lowest BCUT2D eigenvalue weighted by molar-refractivity contribution is -0.135. The molecule has 3 rings (SSSR count). The Morgan fingerprint density at radius 2 is 1.45 bits per heavy atom. The van der Waals surface area contributed by atoms with Gasteiger partial charge in [-0.15, -0.1) is 0 Å². The van der Waals surface area contributed by atoms with Gasteiger partial charge in [-0.2, -0.15) is 4.31 Å². The summed E-state index contributed by atoms with van der Waals surface area (Å²) in [6, 6.07) is 8.11. The molecule has 8 nitrogen and oxygen atoms in total. The van der Waals surface area contributed by atoms with Gasteiger partial charge in [0.25, 0.3) is 0 Å². The Labute approximate surface area is 173 Å². The molecular formula is C20H30N4O4S. The number of carbonyl (C=O) groups is 2. The van der Waals surface area contributed by atoms with E-state index in [9.17, 15) is 18.0 Å². The highest BCUT2D eigenvalue weighted by Crippen LogP contribution is 2.14. The van der Waals surface area contributed by atoms with E-state index in [1.165, 1.54) is 25.6 Å². The summed E-state index contributed by atoms with van der Waals surface area (Å²) in [6.07, 6.45) is 3.35. The molecule has 9 heteroatoms. The van der Waals surface area contributed by atoms with Crippen LogP contribution in [-0.2, 0) is 19.6 Å². The molecule has 2 aliphatic heterocycles. The summed E-state index contributed by atoms with van der Waals surface area (Å²) in [5.41, 5.74) is 0. The molecule has 0 spiro atoms. The average molecular weight is 423 g/mol. The highest BCUT2D eigenvalue weighted by Gasteiger charge is 2.28. The van der Waals surface area contributed by atoms with Crippen LogP contribution in [-0.4, -0.2) is 98.6 Å². The number of nitrogens with zero attached hydrogens (tertiary/aromatic N) is 4. The number of hydrogen-bond acceptors (Lipinski definition) is 5. The van der Waals surface area contributed by atoms with Crippen LogP contribution in [0.2, 0.25) is 0 Å². The Morgan fingerprint density at radius 1 is 0.862 bits per heavy atom. The van der Waals surface area contributed by atoms with Crippen molar-refractivity contribution in [3.8, 4) is 0 Å². The fraction of sp³-hybridized carbons (Fsp3) is 0.600. The maximum absolute atomic E-state index is 12.6. The van der Waals surface area contributed by atoms with Crippen molar-refractivity contribution in [2.75, 3.05) is 59.4 Å². The summed E-state index contributed by atoms with van der Waals surface area (Å²) in [5.74, 6) is -0.0489. The summed E-state index contributed by atoms with van der Waals surface area (Å²) in [5, 5.41) is 0. The third kappa shape index (κ3) is 5.55. The molecule has 1 aromatic rings. The first-order valence-corrected chi connectivity index (χ1v) is 11.6. The van der Waals surface area contributed by atoms with Crippen LogP contribution in [0, 0.1) is 0 Å². The van der Waals surface area contributed by atoms with Crippen molar-refractivity contribution in [3.63, 3.8) is 0 Å². The number of piperazine rings is 1. The molecular weight excluding hydrogens is 392 g/mol. The molecule has 2 heterocycles. The minimum atomic E-state index is -3.69. The molecule has 0 unspecified atom stereocenters. The van der Waals surface area contributed by atoms with E-state index in [0.29, 0.717) is 32.7 Å². The van der Waals surface area contributed by atoms with Crippen LogP contribution >= 0.6 is 0 Å². The third-order valence-electron chi connectivity index (χ3n) is 5.60. The van der Waals surface area contributed by atoms with Crippen molar-refractivity contribution in [2.45, 2.75) is 24.2 Å². The van der Waals surface area contributed by atoms with Crippen molar-refractivity contribution in [1.82, 2.24) is 19.0 Å². The average Bonchev–Trinajstić information content (AvgIpc) is 2.75. The number of benzene rings is 1. The number of piperidine rings is 1. The molecule has 0 atom stereocenters. The molecule has 29 heavy (non-hydrogen) atoms. The van der Waals surface area contributed by atoms with E-state index in [1.54, 1.807) is 23.1 Å². The van der Waals surface area contributed by atoms with E-state index in [-0.39, 0.29) is 23.3 Å². The largest absolute Gasteiger partial charge is 0.342 e. The number of amides is 2. The number of likely N-dealkylation sites (N-methyl/N-ethyl adjacent to an activating group) is 1. The van der Waals surface area contributed by atoms with Crippen LogP contribution in [0.15, 0.2) is 35.2 Å². The van der Waals surface area contributed by atoms with Gasteiger partial charge in [-0.25, -0.2) is 8.42 Å². The number of likely N-dealkylation sites (tertiary alicyclic amines) is 1. The first-order chi connectivity index (χ1) is 13.9. The van der Waals surface area contributed by atoms with Crippen molar-refractivity contribution in [2.24, 2.45) is 0 Å². The molecule has 2 amide bonds. The highest BCUT2D eigenvalue weighted by molar-refractivity contribution is 7.89. The van der Waals surface area contributed by atoms with Crippen molar-refractivity contribution < 1.29 is 18.0 Å². The lowest BCUT2D eigenvalue weighted by Gasteiger charge is -2.36. The summed E-state index contributed by atoms with van der Waals surface area (Å²) >= 11 is 0. The number of sulfonamides is 1. The zero-order chi connectivity index (χ0) is 20.9. The van der Waals surface area contributed by atoms with E-state index in [2.05, 4.69) is 4.90 Å². The van der Waals surface area contributed by atoms with Crippen LogP contribution < -0.4 is 0 Å². The minimum absolute atomic E-state index is 0.165. The Kier molecular flexibility index (Phi) is 7.26. The second-order valence-electron chi connectivity index (χ2n) is 7.67. The maximum atomic E-state index is 12.6. The van der Waals surface area contributed by atoms with E-state index in [4.69, 9.17) is 0 Å². The number of carbonyl (C=O) groups excluding carboxylic acids is 2. The van der Waals surface area contributed by atoms with Gasteiger partial charge in [0.1, 0.15) is 0 Å². The maximum Gasteiger partial charge on any atom is 0.243 e. The zero-order valence-corrected chi connectivity index (χ0v) is 17.8. The molecule has 2 aliphatic rings. The van der Waals surface area contributed by atoms with Gasteiger partial charge in [-0.05, 0) is 31.4 Å². The molecule has 0 saturated carbocycles. The van der Waals surface area contributed by atoms with Crippen LogP contribution in [0.25, 0.3) is 0 Å². The lowest BCUT2D eigenvalue weighted by Crippen LogP contribution is -2.53. The van der Waals surface area contributed by atoms with E-state index < -0.39 is 10.0 Å². The fourth-order valence-corrected chi connectivity index (χ4v) is 4.88. The van der Waals surface area contributed by atoms with Gasteiger partial charge in [-0.1, -0.05) is 18.2 Å². The molecule has 2 saturated heterocycles. The highest BCUT2D eigenvalue weighted by atomic mass is 32.2. The van der Waals surface area contributed by atoms with E-state index in [1.807, 2.05) is 4.90 Å². The molecule has 0 radical (unpaired) electrons. The molecule has 0 N–H and O–H groups in total. The Balaban J connectivity index is 1.46. The molecule has 2 fully saturated rings. The van der Waals surface area contributed by atoms with Gasteiger partial charge in [0.2, 0.25) is 21.8 Å². The number of rotatable bonds is 6. The van der Waals surface area contributed by atoms with Gasteiger partial charge >= 0.3 is 0 Å². The predicted molar refractivity (Wildman–Crippen MR) is 110 cm³/mol. The minimum Gasteiger partial charge on any atom is -0.342 e. The Bertz CT molecular complexity index is 801. The first kappa shape index (κ1) is 21.7. The third-order valence-corrected chi connectivity index (χ3v) is 7.42. The normalized spacial score (nSPS) is 18.8. The summed E-state index contributed by atoms with van der Waals surface area (Å²) in [6.45, 7) is 4.16. The fourth-order valence-electron chi connectivity index (χ4n) is 3.74. The molecule has 0 aromatic heterocycles.